The molecule has 0 radical (unpaired) electrons. The molecule has 2 rings (SSSR count). The highest BCUT2D eigenvalue weighted by Crippen LogP contribution is 2.25. The first kappa shape index (κ1) is 12.3. The van der Waals surface area contributed by atoms with Crippen LogP contribution in [0.15, 0.2) is 12.3 Å². The molecule has 1 amide bonds. The average molecular weight is 245 g/mol. The lowest BCUT2D eigenvalue weighted by Crippen LogP contribution is -2.62. The molecular formula is C12H15N5O. The third kappa shape index (κ3) is 1.88. The Balaban J connectivity index is 2.38. The number of aromatic nitrogens is 2. The molecule has 2 heterocycles. The van der Waals surface area contributed by atoms with E-state index in [4.69, 9.17) is 5.26 Å². The van der Waals surface area contributed by atoms with E-state index in [-0.39, 0.29) is 5.91 Å². The first-order valence-electron chi connectivity index (χ1n) is 5.73. The van der Waals surface area contributed by atoms with Crippen LogP contribution in [0.4, 0.5) is 5.95 Å². The summed E-state index contributed by atoms with van der Waals surface area (Å²) < 4.78 is 0. The van der Waals surface area contributed by atoms with Gasteiger partial charge in [-0.2, -0.15) is 5.26 Å². The normalized spacial score (nSPS) is 18.7. The lowest BCUT2D eigenvalue weighted by atomic mass is 9.98. The second kappa shape index (κ2) is 4.26. The number of nitriles is 1. The van der Waals surface area contributed by atoms with E-state index >= 15 is 0 Å². The summed E-state index contributed by atoms with van der Waals surface area (Å²) >= 11 is 0. The first-order valence-corrected chi connectivity index (χ1v) is 5.73. The Morgan fingerprint density at radius 3 is 2.83 bits per heavy atom. The van der Waals surface area contributed by atoms with Crippen molar-refractivity contribution in [3.8, 4) is 6.07 Å². The van der Waals surface area contributed by atoms with Crippen molar-refractivity contribution in [2.24, 2.45) is 0 Å². The van der Waals surface area contributed by atoms with E-state index in [1.807, 2.05) is 24.8 Å². The Kier molecular flexibility index (Phi) is 2.91. The molecule has 1 saturated heterocycles. The summed E-state index contributed by atoms with van der Waals surface area (Å²) in [5.74, 6) is 0.459. The van der Waals surface area contributed by atoms with Gasteiger partial charge >= 0.3 is 0 Å². The number of rotatable bonds is 1. The van der Waals surface area contributed by atoms with Crippen LogP contribution in [0, 0.1) is 11.3 Å². The summed E-state index contributed by atoms with van der Waals surface area (Å²) in [6, 6.07) is 3.53. The minimum Gasteiger partial charge on any atom is -0.342 e. The lowest BCUT2D eigenvalue weighted by molar-refractivity contribution is -0.136. The zero-order chi connectivity index (χ0) is 13.3. The van der Waals surface area contributed by atoms with Gasteiger partial charge in [0, 0.05) is 26.3 Å². The quantitative estimate of drug-likeness (QED) is 0.716. The van der Waals surface area contributed by atoms with Gasteiger partial charge in [0.25, 0.3) is 0 Å². The van der Waals surface area contributed by atoms with Crippen LogP contribution < -0.4 is 4.90 Å². The van der Waals surface area contributed by atoms with Gasteiger partial charge in [-0.05, 0) is 19.9 Å². The van der Waals surface area contributed by atoms with Gasteiger partial charge in [-0.25, -0.2) is 9.97 Å². The Bertz CT molecular complexity index is 519. The number of carbonyl (C=O) groups is 1. The lowest BCUT2D eigenvalue weighted by Gasteiger charge is -2.44. The minimum absolute atomic E-state index is 0.0275. The molecule has 1 aliphatic heterocycles. The molecule has 0 spiro atoms. The summed E-state index contributed by atoms with van der Waals surface area (Å²) in [6.07, 6.45) is 1.54. The van der Waals surface area contributed by atoms with Gasteiger partial charge in [0.1, 0.15) is 17.3 Å². The Morgan fingerprint density at radius 1 is 1.44 bits per heavy atom. The van der Waals surface area contributed by atoms with Crippen molar-refractivity contribution < 1.29 is 4.79 Å². The van der Waals surface area contributed by atoms with Crippen LogP contribution in [0.2, 0.25) is 0 Å². The maximum absolute atomic E-state index is 12.1. The molecule has 1 aliphatic rings. The first-order chi connectivity index (χ1) is 8.46. The van der Waals surface area contributed by atoms with Crippen LogP contribution >= 0.6 is 0 Å². The summed E-state index contributed by atoms with van der Waals surface area (Å²) in [6.45, 7) is 4.97. The maximum atomic E-state index is 12.1. The SMILES string of the molecule is CN1CCN(c2nccc(C#N)n2)C(C)(C)C1=O. The van der Waals surface area contributed by atoms with E-state index in [1.165, 1.54) is 0 Å². The van der Waals surface area contributed by atoms with Crippen LogP contribution in [0.3, 0.4) is 0 Å². The van der Waals surface area contributed by atoms with Gasteiger partial charge in [0.15, 0.2) is 0 Å². The van der Waals surface area contributed by atoms with Gasteiger partial charge < -0.3 is 9.80 Å². The third-order valence-electron chi connectivity index (χ3n) is 3.20. The fourth-order valence-corrected chi connectivity index (χ4v) is 2.10. The van der Waals surface area contributed by atoms with Crippen molar-refractivity contribution in [2.75, 3.05) is 25.0 Å². The predicted octanol–water partition coefficient (Wildman–Crippen LogP) is 0.405. The number of piperazine rings is 1. The molecule has 6 nitrogen and oxygen atoms in total. The van der Waals surface area contributed by atoms with E-state index in [1.54, 1.807) is 24.2 Å². The fraction of sp³-hybridized carbons (Fsp3) is 0.500. The molecule has 1 fully saturated rings. The number of anilines is 1. The minimum atomic E-state index is -0.693. The highest BCUT2D eigenvalue weighted by Gasteiger charge is 2.41. The van der Waals surface area contributed by atoms with Crippen LogP contribution in [0.25, 0.3) is 0 Å². The van der Waals surface area contributed by atoms with Crippen LogP contribution in [0.1, 0.15) is 19.5 Å². The van der Waals surface area contributed by atoms with Crippen molar-refractivity contribution in [3.63, 3.8) is 0 Å². The van der Waals surface area contributed by atoms with Gasteiger partial charge in [0.05, 0.1) is 0 Å². The zero-order valence-corrected chi connectivity index (χ0v) is 10.7. The van der Waals surface area contributed by atoms with Gasteiger partial charge in [-0.3, -0.25) is 4.79 Å². The molecule has 0 aliphatic carbocycles. The van der Waals surface area contributed by atoms with E-state index in [0.717, 1.165) is 0 Å². The summed E-state index contributed by atoms with van der Waals surface area (Å²) in [5.41, 5.74) is -0.386. The van der Waals surface area contributed by atoms with Gasteiger partial charge in [-0.1, -0.05) is 0 Å². The Labute approximate surface area is 106 Å². The van der Waals surface area contributed by atoms with Crippen LogP contribution in [0.5, 0.6) is 0 Å². The molecule has 18 heavy (non-hydrogen) atoms. The second-order valence-corrected chi connectivity index (χ2v) is 4.79. The highest BCUT2D eigenvalue weighted by atomic mass is 16.2. The standard InChI is InChI=1S/C12H15N5O/c1-12(2)10(18)16(3)6-7-17(12)11-14-5-4-9(8-13)15-11/h4-5H,6-7H2,1-3H3. The van der Waals surface area contributed by atoms with Crippen molar-refractivity contribution in [1.82, 2.24) is 14.9 Å². The van der Waals surface area contributed by atoms with E-state index in [0.29, 0.717) is 24.7 Å². The van der Waals surface area contributed by atoms with Crippen LogP contribution in [-0.2, 0) is 4.79 Å². The molecule has 0 N–H and O–H groups in total. The maximum Gasteiger partial charge on any atom is 0.247 e. The molecule has 0 saturated carbocycles. The highest BCUT2D eigenvalue weighted by molar-refractivity contribution is 5.89. The summed E-state index contributed by atoms with van der Waals surface area (Å²) in [7, 11) is 1.79. The molecule has 0 aromatic carbocycles. The predicted molar refractivity (Wildman–Crippen MR) is 65.8 cm³/mol. The molecule has 6 heteroatoms. The smallest absolute Gasteiger partial charge is 0.247 e. The third-order valence-corrected chi connectivity index (χ3v) is 3.20. The second-order valence-electron chi connectivity index (χ2n) is 4.79. The molecule has 94 valence electrons. The van der Waals surface area contributed by atoms with Gasteiger partial charge in [0.2, 0.25) is 11.9 Å². The van der Waals surface area contributed by atoms with E-state index in [2.05, 4.69) is 9.97 Å². The summed E-state index contributed by atoms with van der Waals surface area (Å²) in [5, 5.41) is 8.85. The monoisotopic (exact) mass is 245 g/mol. The molecule has 0 unspecified atom stereocenters. The summed E-state index contributed by atoms with van der Waals surface area (Å²) in [4.78, 5) is 24.0. The van der Waals surface area contributed by atoms with Crippen LogP contribution in [-0.4, -0.2) is 46.5 Å². The Hall–Kier alpha value is -2.16. The average Bonchev–Trinajstić information content (AvgIpc) is 2.36. The number of amides is 1. The van der Waals surface area contributed by atoms with Crippen molar-refractivity contribution in [3.05, 3.63) is 18.0 Å². The van der Waals surface area contributed by atoms with Crippen molar-refractivity contribution in [1.29, 1.82) is 5.26 Å². The largest absolute Gasteiger partial charge is 0.342 e. The zero-order valence-electron chi connectivity index (χ0n) is 10.7. The van der Waals surface area contributed by atoms with E-state index < -0.39 is 5.54 Å². The molecular weight excluding hydrogens is 230 g/mol. The number of hydrogen-bond donors (Lipinski definition) is 0. The number of hydrogen-bond acceptors (Lipinski definition) is 5. The fourth-order valence-electron chi connectivity index (χ4n) is 2.10. The molecule has 1 aromatic rings. The van der Waals surface area contributed by atoms with E-state index in [9.17, 15) is 4.79 Å². The topological polar surface area (TPSA) is 73.1 Å². The molecule has 0 bridgehead atoms. The van der Waals surface area contributed by atoms with Crippen molar-refractivity contribution >= 4 is 11.9 Å². The molecule has 0 atom stereocenters. The number of likely N-dealkylation sites (N-methyl/N-ethyl adjacent to an activating group) is 1. The van der Waals surface area contributed by atoms with Gasteiger partial charge in [-0.15, -0.1) is 0 Å². The number of nitrogens with zero attached hydrogens (tertiary/aromatic N) is 5. The van der Waals surface area contributed by atoms with Crippen molar-refractivity contribution in [2.45, 2.75) is 19.4 Å². The Morgan fingerprint density at radius 2 is 2.17 bits per heavy atom. The number of carbonyl (C=O) groups excluding carboxylic acids is 1. The molecule has 1 aromatic heterocycles.